The SMILES string of the molecule is COc1ccc(Br)cc1C1=C(Br)C(=O)N(CC(C)C)/C1=C/c1ccc(Br)cc1. The predicted molar refractivity (Wildman–Crippen MR) is 125 cm³/mol. The fourth-order valence-corrected chi connectivity index (χ4v) is 4.38. The minimum Gasteiger partial charge on any atom is -0.496 e. The van der Waals surface area contributed by atoms with Crippen LogP contribution in [0.3, 0.4) is 0 Å². The fourth-order valence-electron chi connectivity index (χ4n) is 3.13. The first-order valence-electron chi connectivity index (χ1n) is 8.85. The molecule has 0 aromatic heterocycles. The molecule has 1 aliphatic rings. The van der Waals surface area contributed by atoms with Gasteiger partial charge in [0.15, 0.2) is 0 Å². The van der Waals surface area contributed by atoms with Crippen LogP contribution in [0.1, 0.15) is 25.0 Å². The number of ether oxygens (including phenoxy) is 1. The zero-order valence-corrected chi connectivity index (χ0v) is 20.6. The van der Waals surface area contributed by atoms with Gasteiger partial charge < -0.3 is 9.64 Å². The van der Waals surface area contributed by atoms with E-state index >= 15 is 0 Å². The molecule has 3 nitrogen and oxygen atoms in total. The summed E-state index contributed by atoms with van der Waals surface area (Å²) in [5, 5.41) is 0. The van der Waals surface area contributed by atoms with Crippen LogP contribution in [0.25, 0.3) is 11.6 Å². The van der Waals surface area contributed by atoms with E-state index in [1.54, 1.807) is 7.11 Å². The van der Waals surface area contributed by atoms with Gasteiger partial charge in [-0.15, -0.1) is 0 Å². The summed E-state index contributed by atoms with van der Waals surface area (Å²) in [7, 11) is 1.64. The third kappa shape index (κ3) is 4.44. The van der Waals surface area contributed by atoms with Crippen LogP contribution in [0, 0.1) is 5.92 Å². The lowest BCUT2D eigenvalue weighted by atomic mass is 10.0. The van der Waals surface area contributed by atoms with E-state index in [1.165, 1.54) is 0 Å². The van der Waals surface area contributed by atoms with Crippen LogP contribution in [0.4, 0.5) is 0 Å². The molecule has 0 fully saturated rings. The first kappa shape index (κ1) is 21.3. The Labute approximate surface area is 190 Å². The lowest BCUT2D eigenvalue weighted by Gasteiger charge is -2.23. The Kier molecular flexibility index (Phi) is 6.84. The van der Waals surface area contributed by atoms with E-state index < -0.39 is 0 Å². The average molecular weight is 570 g/mol. The highest BCUT2D eigenvalue weighted by atomic mass is 79.9. The molecule has 0 saturated heterocycles. The molecule has 2 aromatic rings. The van der Waals surface area contributed by atoms with Gasteiger partial charge in [0.1, 0.15) is 5.75 Å². The van der Waals surface area contributed by atoms with Crippen LogP contribution in [0.2, 0.25) is 0 Å². The van der Waals surface area contributed by atoms with E-state index in [1.807, 2.05) is 47.4 Å². The lowest BCUT2D eigenvalue weighted by molar-refractivity contribution is -0.123. The van der Waals surface area contributed by atoms with E-state index in [0.717, 1.165) is 37.1 Å². The van der Waals surface area contributed by atoms with Crippen LogP contribution in [-0.2, 0) is 4.79 Å². The normalized spacial score (nSPS) is 15.9. The van der Waals surface area contributed by atoms with E-state index in [4.69, 9.17) is 4.74 Å². The second-order valence-corrected chi connectivity index (χ2v) is 9.55. The van der Waals surface area contributed by atoms with Gasteiger partial charge in [0.25, 0.3) is 5.91 Å². The number of amides is 1. The Morgan fingerprint density at radius 3 is 2.29 bits per heavy atom. The highest BCUT2D eigenvalue weighted by Gasteiger charge is 2.36. The van der Waals surface area contributed by atoms with Crippen molar-refractivity contribution in [2.24, 2.45) is 5.92 Å². The number of hydrogen-bond acceptors (Lipinski definition) is 2. The van der Waals surface area contributed by atoms with Crippen molar-refractivity contribution in [3.05, 3.63) is 72.7 Å². The van der Waals surface area contributed by atoms with Gasteiger partial charge in [0.05, 0.1) is 17.3 Å². The maximum atomic E-state index is 13.1. The molecule has 0 atom stereocenters. The molecule has 0 unspecified atom stereocenters. The zero-order valence-electron chi connectivity index (χ0n) is 15.8. The largest absolute Gasteiger partial charge is 0.496 e. The number of rotatable bonds is 5. The van der Waals surface area contributed by atoms with Crippen molar-refractivity contribution >= 4 is 65.3 Å². The maximum absolute atomic E-state index is 13.1. The number of benzene rings is 2. The average Bonchev–Trinajstić information content (AvgIpc) is 2.87. The van der Waals surface area contributed by atoms with Crippen LogP contribution in [0.5, 0.6) is 5.75 Å². The van der Waals surface area contributed by atoms with Crippen LogP contribution in [-0.4, -0.2) is 24.5 Å². The summed E-state index contributed by atoms with van der Waals surface area (Å²) in [6.07, 6.45) is 2.05. The summed E-state index contributed by atoms with van der Waals surface area (Å²) in [4.78, 5) is 14.9. The Hall–Kier alpha value is -1.37. The molecule has 0 N–H and O–H groups in total. The number of nitrogens with zero attached hydrogens (tertiary/aromatic N) is 1. The van der Waals surface area contributed by atoms with Gasteiger partial charge in [-0.3, -0.25) is 4.79 Å². The summed E-state index contributed by atoms with van der Waals surface area (Å²) in [6, 6.07) is 13.9. The standard InChI is InChI=1S/C22H20Br3NO2/c1-13(2)12-26-18(10-14-4-6-15(23)7-5-14)20(21(25)22(26)27)17-11-16(24)8-9-19(17)28-3/h4-11,13H,12H2,1-3H3/b18-10+. The van der Waals surface area contributed by atoms with Crippen molar-refractivity contribution in [2.75, 3.05) is 13.7 Å². The monoisotopic (exact) mass is 567 g/mol. The maximum Gasteiger partial charge on any atom is 0.266 e. The Balaban J connectivity index is 2.21. The van der Waals surface area contributed by atoms with Gasteiger partial charge in [-0.1, -0.05) is 57.8 Å². The summed E-state index contributed by atoms with van der Waals surface area (Å²) < 4.78 is 8.08. The van der Waals surface area contributed by atoms with Crippen molar-refractivity contribution < 1.29 is 9.53 Å². The molecule has 0 bridgehead atoms. The third-order valence-electron chi connectivity index (χ3n) is 4.35. The molecule has 2 aromatic carbocycles. The van der Waals surface area contributed by atoms with Crippen LogP contribution < -0.4 is 4.74 Å². The molecule has 0 saturated carbocycles. The molecule has 0 radical (unpaired) electrons. The van der Waals surface area contributed by atoms with Crippen molar-refractivity contribution in [1.29, 1.82) is 0 Å². The number of carbonyl (C=O) groups excluding carboxylic acids is 1. The van der Waals surface area contributed by atoms with Gasteiger partial charge >= 0.3 is 0 Å². The summed E-state index contributed by atoms with van der Waals surface area (Å²) in [6.45, 7) is 4.85. The van der Waals surface area contributed by atoms with Gasteiger partial charge in [-0.2, -0.15) is 0 Å². The molecule has 0 aliphatic carbocycles. The smallest absolute Gasteiger partial charge is 0.266 e. The van der Waals surface area contributed by atoms with Gasteiger partial charge in [-0.25, -0.2) is 0 Å². The molecular weight excluding hydrogens is 550 g/mol. The number of hydrogen-bond donors (Lipinski definition) is 0. The molecule has 1 amide bonds. The van der Waals surface area contributed by atoms with Gasteiger partial charge in [0.2, 0.25) is 0 Å². The Morgan fingerprint density at radius 2 is 1.68 bits per heavy atom. The Morgan fingerprint density at radius 1 is 1.04 bits per heavy atom. The van der Waals surface area contributed by atoms with E-state index in [-0.39, 0.29) is 5.91 Å². The van der Waals surface area contributed by atoms with E-state index in [9.17, 15) is 4.79 Å². The van der Waals surface area contributed by atoms with Crippen LogP contribution in [0.15, 0.2) is 61.6 Å². The highest BCUT2D eigenvalue weighted by molar-refractivity contribution is 9.12. The van der Waals surface area contributed by atoms with Crippen molar-refractivity contribution in [2.45, 2.75) is 13.8 Å². The molecule has 6 heteroatoms. The van der Waals surface area contributed by atoms with E-state index in [2.05, 4.69) is 67.7 Å². The van der Waals surface area contributed by atoms with Gasteiger partial charge in [-0.05, 0) is 63.8 Å². The topological polar surface area (TPSA) is 29.5 Å². The Bertz CT molecular complexity index is 962. The molecule has 3 rings (SSSR count). The number of halogens is 3. The summed E-state index contributed by atoms with van der Waals surface area (Å²) >= 11 is 10.6. The second-order valence-electron chi connectivity index (χ2n) is 6.92. The number of methoxy groups -OCH3 is 1. The fraction of sp³-hybridized carbons (Fsp3) is 0.227. The van der Waals surface area contributed by atoms with Crippen molar-refractivity contribution in [3.63, 3.8) is 0 Å². The minimum absolute atomic E-state index is 0.0332. The predicted octanol–water partition coefficient (Wildman–Crippen LogP) is 6.87. The number of carbonyl (C=O) groups is 1. The van der Waals surface area contributed by atoms with Crippen molar-refractivity contribution in [1.82, 2.24) is 4.90 Å². The van der Waals surface area contributed by atoms with Gasteiger partial charge in [0, 0.05) is 26.6 Å². The zero-order chi connectivity index (χ0) is 20.4. The minimum atomic E-state index is -0.0332. The first-order valence-corrected chi connectivity index (χ1v) is 11.2. The quantitative estimate of drug-likeness (QED) is 0.393. The second kappa shape index (κ2) is 8.97. The molecule has 0 spiro atoms. The van der Waals surface area contributed by atoms with Crippen molar-refractivity contribution in [3.8, 4) is 5.75 Å². The van der Waals surface area contributed by atoms with E-state index in [0.29, 0.717) is 16.9 Å². The number of allylic oxidation sites excluding steroid dienone is 1. The molecule has 1 heterocycles. The highest BCUT2D eigenvalue weighted by Crippen LogP contribution is 2.44. The molecule has 146 valence electrons. The molecule has 1 aliphatic heterocycles. The summed E-state index contributed by atoms with van der Waals surface area (Å²) in [5.41, 5.74) is 3.59. The summed E-state index contributed by atoms with van der Waals surface area (Å²) in [5.74, 6) is 1.02. The lowest BCUT2D eigenvalue weighted by Crippen LogP contribution is -2.29. The first-order chi connectivity index (χ1) is 13.3. The third-order valence-corrected chi connectivity index (χ3v) is 6.11. The molecule has 28 heavy (non-hydrogen) atoms. The van der Waals surface area contributed by atoms with Crippen LogP contribution >= 0.6 is 47.8 Å². The molecular formula is C22H20Br3NO2.